The third kappa shape index (κ3) is 3.02. The van der Waals surface area contributed by atoms with Crippen molar-refractivity contribution >= 4 is 0 Å². The molecule has 0 saturated carbocycles. The first-order chi connectivity index (χ1) is 9.69. The maximum atomic E-state index is 13.6. The number of halogens is 2. The summed E-state index contributed by atoms with van der Waals surface area (Å²) >= 11 is 0. The molecular weight excluding hydrogens is 266 g/mol. The topological polar surface area (TPSA) is 33.7 Å². The lowest BCUT2D eigenvalue weighted by Crippen LogP contribution is -2.47. The van der Waals surface area contributed by atoms with E-state index in [1.807, 2.05) is 0 Å². The molecule has 1 N–H and O–H groups in total. The average Bonchev–Trinajstić information content (AvgIpc) is 2.48. The van der Waals surface area contributed by atoms with Crippen molar-refractivity contribution in [3.05, 3.63) is 23.8 Å². The van der Waals surface area contributed by atoms with Gasteiger partial charge in [-0.2, -0.15) is 0 Å². The summed E-state index contributed by atoms with van der Waals surface area (Å²) in [5.41, 5.74) is 0.425. The standard InChI is InChI=1S/C14H20F2N2O2/c1-19-10-4-3-5-11(20-2)12(10)13(14(15)16)18-8-6-17-7-9-18/h3-5,13-14,17H,6-9H2,1-2H3/t13-/m1/s1. The van der Waals surface area contributed by atoms with E-state index in [0.717, 1.165) is 0 Å². The van der Waals surface area contributed by atoms with Crippen LogP contribution in [0.25, 0.3) is 0 Å². The van der Waals surface area contributed by atoms with Gasteiger partial charge in [-0.05, 0) is 12.1 Å². The SMILES string of the molecule is COc1cccc(OC)c1[C@H](C(F)F)N1CCNCC1. The minimum absolute atomic E-state index is 0.425. The Hall–Kier alpha value is -1.40. The highest BCUT2D eigenvalue weighted by molar-refractivity contribution is 5.47. The summed E-state index contributed by atoms with van der Waals surface area (Å²) in [6.45, 7) is 2.58. The lowest BCUT2D eigenvalue weighted by Gasteiger charge is -2.35. The molecule has 0 aromatic heterocycles. The first kappa shape index (κ1) is 15.0. The first-order valence-corrected chi connectivity index (χ1v) is 6.62. The molecule has 1 aromatic carbocycles. The van der Waals surface area contributed by atoms with Gasteiger partial charge in [-0.3, -0.25) is 4.90 Å². The van der Waals surface area contributed by atoms with Gasteiger partial charge in [0, 0.05) is 26.2 Å². The molecule has 0 bridgehead atoms. The minimum atomic E-state index is -2.50. The van der Waals surface area contributed by atoms with Crippen molar-refractivity contribution in [3.8, 4) is 11.5 Å². The summed E-state index contributed by atoms with van der Waals surface area (Å²) in [6.07, 6.45) is -2.50. The maximum absolute atomic E-state index is 13.6. The van der Waals surface area contributed by atoms with Crippen LogP contribution in [0.4, 0.5) is 8.78 Å². The molecule has 2 rings (SSSR count). The van der Waals surface area contributed by atoms with E-state index in [1.165, 1.54) is 14.2 Å². The molecule has 20 heavy (non-hydrogen) atoms. The number of rotatable bonds is 5. The van der Waals surface area contributed by atoms with Crippen LogP contribution in [0.2, 0.25) is 0 Å². The number of methoxy groups -OCH3 is 2. The molecule has 1 saturated heterocycles. The van der Waals surface area contributed by atoms with Crippen LogP contribution in [0.1, 0.15) is 11.6 Å². The molecule has 4 nitrogen and oxygen atoms in total. The summed E-state index contributed by atoms with van der Waals surface area (Å²) < 4.78 is 37.8. The van der Waals surface area contributed by atoms with E-state index in [9.17, 15) is 8.78 Å². The molecule has 1 atom stereocenters. The third-order valence-electron chi connectivity index (χ3n) is 3.55. The van der Waals surface area contributed by atoms with Crippen LogP contribution in [0.15, 0.2) is 18.2 Å². The number of hydrogen-bond donors (Lipinski definition) is 1. The van der Waals surface area contributed by atoms with Gasteiger partial charge in [0.25, 0.3) is 6.43 Å². The third-order valence-corrected chi connectivity index (χ3v) is 3.55. The first-order valence-electron chi connectivity index (χ1n) is 6.62. The molecule has 6 heteroatoms. The highest BCUT2D eigenvalue weighted by Crippen LogP contribution is 2.40. The van der Waals surface area contributed by atoms with Gasteiger partial charge in [0.05, 0.1) is 19.8 Å². The Morgan fingerprint density at radius 1 is 1.10 bits per heavy atom. The van der Waals surface area contributed by atoms with Gasteiger partial charge in [0.1, 0.15) is 17.5 Å². The zero-order valence-corrected chi connectivity index (χ0v) is 11.7. The van der Waals surface area contributed by atoms with E-state index in [2.05, 4.69) is 5.32 Å². The zero-order valence-electron chi connectivity index (χ0n) is 11.7. The molecule has 1 aromatic rings. The highest BCUT2D eigenvalue weighted by Gasteiger charge is 2.34. The lowest BCUT2D eigenvalue weighted by molar-refractivity contribution is 0.0158. The van der Waals surface area contributed by atoms with Crippen molar-refractivity contribution < 1.29 is 18.3 Å². The minimum Gasteiger partial charge on any atom is -0.496 e. The number of piperazine rings is 1. The van der Waals surface area contributed by atoms with Crippen molar-refractivity contribution in [1.29, 1.82) is 0 Å². The van der Waals surface area contributed by atoms with E-state index < -0.39 is 12.5 Å². The molecule has 0 spiro atoms. The molecule has 0 aliphatic carbocycles. The number of nitrogens with one attached hydrogen (secondary N) is 1. The van der Waals surface area contributed by atoms with E-state index in [-0.39, 0.29) is 0 Å². The fourth-order valence-electron chi connectivity index (χ4n) is 2.60. The Morgan fingerprint density at radius 2 is 1.65 bits per heavy atom. The Balaban J connectivity index is 2.42. The zero-order chi connectivity index (χ0) is 14.5. The van der Waals surface area contributed by atoms with Crippen LogP contribution in [0, 0.1) is 0 Å². The van der Waals surface area contributed by atoms with Crippen molar-refractivity contribution in [3.63, 3.8) is 0 Å². The molecule has 1 aliphatic rings. The van der Waals surface area contributed by atoms with Crippen LogP contribution in [0.3, 0.4) is 0 Å². The average molecular weight is 286 g/mol. The molecule has 0 amide bonds. The fraction of sp³-hybridized carbons (Fsp3) is 0.571. The summed E-state index contributed by atoms with van der Waals surface area (Å²) in [5.74, 6) is 0.876. The van der Waals surface area contributed by atoms with Gasteiger partial charge >= 0.3 is 0 Å². The summed E-state index contributed by atoms with van der Waals surface area (Å²) in [5, 5.41) is 3.17. The number of ether oxygens (including phenoxy) is 2. The molecular formula is C14H20F2N2O2. The van der Waals surface area contributed by atoms with Gasteiger partial charge < -0.3 is 14.8 Å². The molecule has 0 unspecified atom stereocenters. The Labute approximate surface area is 117 Å². The van der Waals surface area contributed by atoms with Crippen molar-refractivity contribution in [2.24, 2.45) is 0 Å². The summed E-state index contributed by atoms with van der Waals surface area (Å²) in [6, 6.07) is 4.11. The number of benzene rings is 1. The van der Waals surface area contributed by atoms with Crippen molar-refractivity contribution in [2.75, 3.05) is 40.4 Å². The molecule has 0 radical (unpaired) electrons. The predicted molar refractivity (Wildman–Crippen MR) is 72.7 cm³/mol. The number of hydrogen-bond acceptors (Lipinski definition) is 4. The lowest BCUT2D eigenvalue weighted by atomic mass is 10.0. The summed E-state index contributed by atoms with van der Waals surface area (Å²) in [7, 11) is 2.97. The molecule has 1 aliphatic heterocycles. The smallest absolute Gasteiger partial charge is 0.258 e. The molecule has 1 fully saturated rings. The largest absolute Gasteiger partial charge is 0.496 e. The predicted octanol–water partition coefficient (Wildman–Crippen LogP) is 1.92. The summed E-state index contributed by atoms with van der Waals surface area (Å²) in [4.78, 5) is 1.78. The van der Waals surface area contributed by atoms with E-state index >= 15 is 0 Å². The molecule has 112 valence electrons. The van der Waals surface area contributed by atoms with Crippen LogP contribution in [-0.2, 0) is 0 Å². The van der Waals surface area contributed by atoms with Crippen LogP contribution < -0.4 is 14.8 Å². The maximum Gasteiger partial charge on any atom is 0.258 e. The van der Waals surface area contributed by atoms with Crippen LogP contribution in [-0.4, -0.2) is 51.7 Å². The van der Waals surface area contributed by atoms with Crippen molar-refractivity contribution in [2.45, 2.75) is 12.5 Å². The van der Waals surface area contributed by atoms with Crippen molar-refractivity contribution in [1.82, 2.24) is 10.2 Å². The number of nitrogens with zero attached hydrogens (tertiary/aromatic N) is 1. The quantitative estimate of drug-likeness (QED) is 0.896. The van der Waals surface area contributed by atoms with Gasteiger partial charge in [0.15, 0.2) is 0 Å². The Morgan fingerprint density at radius 3 is 2.10 bits per heavy atom. The monoisotopic (exact) mass is 286 g/mol. The van der Waals surface area contributed by atoms with Gasteiger partial charge in [-0.15, -0.1) is 0 Å². The highest BCUT2D eigenvalue weighted by atomic mass is 19.3. The molecule has 1 heterocycles. The van der Waals surface area contributed by atoms with Gasteiger partial charge in [-0.25, -0.2) is 8.78 Å². The van der Waals surface area contributed by atoms with Crippen LogP contribution >= 0.6 is 0 Å². The van der Waals surface area contributed by atoms with Crippen LogP contribution in [0.5, 0.6) is 11.5 Å². The van der Waals surface area contributed by atoms with Gasteiger partial charge in [0.2, 0.25) is 0 Å². The second kappa shape index (κ2) is 6.85. The number of alkyl halides is 2. The second-order valence-electron chi connectivity index (χ2n) is 4.64. The second-order valence-corrected chi connectivity index (χ2v) is 4.64. The Kier molecular flexibility index (Phi) is 5.14. The van der Waals surface area contributed by atoms with Gasteiger partial charge in [-0.1, -0.05) is 6.07 Å². The van der Waals surface area contributed by atoms with E-state index in [0.29, 0.717) is 43.2 Å². The van der Waals surface area contributed by atoms with E-state index in [4.69, 9.17) is 9.47 Å². The normalized spacial score (nSPS) is 18.1. The Bertz CT molecular complexity index is 415. The fourth-order valence-corrected chi connectivity index (χ4v) is 2.60. The van der Waals surface area contributed by atoms with E-state index in [1.54, 1.807) is 23.1 Å².